The Hall–Kier alpha value is -2.08. The van der Waals surface area contributed by atoms with Gasteiger partial charge in [0.2, 0.25) is 5.39 Å². The molecule has 2 aromatic rings. The lowest BCUT2D eigenvalue weighted by Crippen LogP contribution is -1.89. The van der Waals surface area contributed by atoms with E-state index in [9.17, 15) is 5.11 Å². The molecule has 3 heteroatoms. The van der Waals surface area contributed by atoms with Gasteiger partial charge in [-0.25, -0.2) is 0 Å². The standard InChI is InChI=1S/C10H6N2O/c11-12-9-5-6-10(13)8-4-2-1-3-7(8)9/h1-6H. The largest absolute Gasteiger partial charge is 0.872 e. The number of nitrogens with zero attached hydrogens (tertiary/aromatic N) is 2. The number of fused-ring (bicyclic) bond motifs is 1. The first-order valence-corrected chi connectivity index (χ1v) is 3.87. The molecule has 2 rings (SSSR count). The first-order valence-electron chi connectivity index (χ1n) is 3.87. The van der Waals surface area contributed by atoms with Crippen molar-refractivity contribution in [3.63, 3.8) is 0 Å². The average molecular weight is 170 g/mol. The molecule has 0 spiro atoms. The highest BCUT2D eigenvalue weighted by molar-refractivity contribution is 5.97. The van der Waals surface area contributed by atoms with Crippen LogP contribution in [0.5, 0.6) is 5.75 Å². The molecule has 0 bridgehead atoms. The van der Waals surface area contributed by atoms with Crippen molar-refractivity contribution in [3.05, 3.63) is 41.4 Å². The lowest BCUT2D eigenvalue weighted by atomic mass is 10.1. The van der Waals surface area contributed by atoms with Gasteiger partial charge in [-0.3, -0.25) is 0 Å². The lowest BCUT2D eigenvalue weighted by Gasteiger charge is -2.06. The number of diazo groups is 1. The molecule has 0 aromatic heterocycles. The van der Waals surface area contributed by atoms with Crippen LogP contribution in [-0.2, 0) is 0 Å². The van der Waals surface area contributed by atoms with Gasteiger partial charge in [0.15, 0.2) is 4.98 Å². The molecule has 0 radical (unpaired) electrons. The summed E-state index contributed by atoms with van der Waals surface area (Å²) in [6.07, 6.45) is 0. The maximum atomic E-state index is 11.3. The Balaban J connectivity index is 2.95. The van der Waals surface area contributed by atoms with Gasteiger partial charge in [0.1, 0.15) is 0 Å². The minimum atomic E-state index is -0.0528. The van der Waals surface area contributed by atoms with E-state index in [4.69, 9.17) is 5.39 Å². The molecule has 0 atom stereocenters. The zero-order valence-electron chi connectivity index (χ0n) is 6.77. The Bertz CT molecular complexity index is 500. The summed E-state index contributed by atoms with van der Waals surface area (Å²) < 4.78 is 0. The molecular formula is C10H6N2O. The maximum Gasteiger partial charge on any atom is 0.392 e. The molecular weight excluding hydrogens is 164 g/mol. The monoisotopic (exact) mass is 170 g/mol. The van der Waals surface area contributed by atoms with E-state index in [2.05, 4.69) is 4.98 Å². The highest BCUT2D eigenvalue weighted by Gasteiger charge is 2.09. The number of hydrogen-bond donors (Lipinski definition) is 0. The van der Waals surface area contributed by atoms with E-state index in [0.29, 0.717) is 16.5 Å². The van der Waals surface area contributed by atoms with Crippen molar-refractivity contribution < 1.29 is 5.11 Å². The van der Waals surface area contributed by atoms with Crippen molar-refractivity contribution in [1.82, 2.24) is 0 Å². The van der Waals surface area contributed by atoms with Crippen LogP contribution in [0.2, 0.25) is 0 Å². The van der Waals surface area contributed by atoms with E-state index >= 15 is 0 Å². The first kappa shape index (κ1) is 7.56. The fraction of sp³-hybridized carbons (Fsp3) is 0. The molecule has 0 aliphatic heterocycles. The Morgan fingerprint density at radius 2 is 1.69 bits per heavy atom. The minimum Gasteiger partial charge on any atom is -0.872 e. The normalized spacial score (nSPS) is 9.77. The summed E-state index contributed by atoms with van der Waals surface area (Å²) >= 11 is 0. The quantitative estimate of drug-likeness (QED) is 0.570. The summed E-state index contributed by atoms with van der Waals surface area (Å²) in [7, 11) is 0. The van der Waals surface area contributed by atoms with Gasteiger partial charge in [-0.05, 0) is 11.5 Å². The van der Waals surface area contributed by atoms with Gasteiger partial charge in [-0.15, -0.1) is 5.75 Å². The zero-order valence-corrected chi connectivity index (χ0v) is 6.77. The van der Waals surface area contributed by atoms with Crippen LogP contribution in [0.3, 0.4) is 0 Å². The van der Waals surface area contributed by atoms with Crippen LogP contribution in [-0.4, -0.2) is 0 Å². The topological polar surface area (TPSA) is 51.2 Å². The van der Waals surface area contributed by atoms with Crippen LogP contribution in [0, 0.1) is 5.39 Å². The molecule has 0 amide bonds. The van der Waals surface area contributed by atoms with E-state index in [1.165, 1.54) is 12.1 Å². The first-order chi connectivity index (χ1) is 6.33. The number of benzene rings is 2. The minimum absolute atomic E-state index is 0.0528. The summed E-state index contributed by atoms with van der Waals surface area (Å²) in [6, 6.07) is 9.96. The Morgan fingerprint density at radius 3 is 2.38 bits per heavy atom. The fourth-order valence-corrected chi connectivity index (χ4v) is 1.34. The van der Waals surface area contributed by atoms with Gasteiger partial charge < -0.3 is 5.11 Å². The highest BCUT2D eigenvalue weighted by Crippen LogP contribution is 2.30. The van der Waals surface area contributed by atoms with E-state index in [0.717, 1.165) is 0 Å². The second kappa shape index (κ2) is 2.76. The summed E-state index contributed by atoms with van der Waals surface area (Å²) in [4.78, 5) is 3.10. The van der Waals surface area contributed by atoms with Crippen molar-refractivity contribution in [2.45, 2.75) is 0 Å². The van der Waals surface area contributed by atoms with Gasteiger partial charge in [-0.1, -0.05) is 24.3 Å². The molecule has 0 unspecified atom stereocenters. The van der Waals surface area contributed by atoms with Crippen LogP contribution < -0.4 is 5.11 Å². The molecule has 0 heterocycles. The molecule has 2 aromatic carbocycles. The van der Waals surface area contributed by atoms with E-state index in [-0.39, 0.29) is 5.75 Å². The number of rotatable bonds is 0. The van der Waals surface area contributed by atoms with Gasteiger partial charge in [0.05, 0.1) is 5.39 Å². The van der Waals surface area contributed by atoms with Crippen LogP contribution in [0.1, 0.15) is 0 Å². The van der Waals surface area contributed by atoms with E-state index in [1.54, 1.807) is 24.3 Å². The van der Waals surface area contributed by atoms with Gasteiger partial charge >= 0.3 is 5.69 Å². The third-order valence-corrected chi connectivity index (χ3v) is 1.97. The molecule has 0 aliphatic rings. The van der Waals surface area contributed by atoms with Gasteiger partial charge in [0.25, 0.3) is 0 Å². The SMILES string of the molecule is N#[N+]c1ccc([O-])c2ccccc12. The Morgan fingerprint density at radius 1 is 1.00 bits per heavy atom. The third-order valence-electron chi connectivity index (χ3n) is 1.97. The molecule has 0 fully saturated rings. The van der Waals surface area contributed by atoms with Gasteiger partial charge in [0, 0.05) is 6.07 Å². The molecule has 13 heavy (non-hydrogen) atoms. The van der Waals surface area contributed by atoms with Crippen molar-refractivity contribution in [2.75, 3.05) is 0 Å². The Kier molecular flexibility index (Phi) is 1.60. The molecule has 0 N–H and O–H groups in total. The molecule has 0 aliphatic carbocycles. The van der Waals surface area contributed by atoms with Crippen molar-refractivity contribution in [2.24, 2.45) is 0 Å². The molecule has 0 saturated heterocycles. The van der Waals surface area contributed by atoms with Gasteiger partial charge in [-0.2, -0.15) is 0 Å². The summed E-state index contributed by atoms with van der Waals surface area (Å²) in [5.41, 5.74) is 0.426. The second-order valence-electron chi connectivity index (χ2n) is 2.73. The Labute approximate surface area is 74.9 Å². The fourth-order valence-electron chi connectivity index (χ4n) is 1.34. The van der Waals surface area contributed by atoms with Crippen LogP contribution in [0.15, 0.2) is 36.4 Å². The zero-order chi connectivity index (χ0) is 9.26. The summed E-state index contributed by atoms with van der Waals surface area (Å²) in [5, 5.41) is 21.2. The smallest absolute Gasteiger partial charge is 0.392 e. The predicted molar refractivity (Wildman–Crippen MR) is 48.1 cm³/mol. The van der Waals surface area contributed by atoms with E-state index < -0.39 is 0 Å². The lowest BCUT2D eigenvalue weighted by molar-refractivity contribution is -0.265. The number of hydrogen-bond acceptors (Lipinski definition) is 2. The second-order valence-corrected chi connectivity index (χ2v) is 2.73. The van der Waals surface area contributed by atoms with Crippen LogP contribution in [0.25, 0.3) is 15.7 Å². The van der Waals surface area contributed by atoms with Crippen LogP contribution in [0.4, 0.5) is 5.69 Å². The summed E-state index contributed by atoms with van der Waals surface area (Å²) in [6.45, 7) is 0. The molecule has 0 saturated carbocycles. The van der Waals surface area contributed by atoms with Crippen molar-refractivity contribution in [1.29, 1.82) is 5.39 Å². The maximum absolute atomic E-state index is 11.3. The average Bonchev–Trinajstić information content (AvgIpc) is 2.19. The molecule has 3 nitrogen and oxygen atoms in total. The van der Waals surface area contributed by atoms with Crippen molar-refractivity contribution in [3.8, 4) is 5.75 Å². The predicted octanol–water partition coefficient (Wildman–Crippen LogP) is 2.40. The third kappa shape index (κ3) is 1.09. The van der Waals surface area contributed by atoms with Crippen molar-refractivity contribution >= 4 is 16.5 Å². The highest BCUT2D eigenvalue weighted by atomic mass is 16.3. The van der Waals surface area contributed by atoms with Crippen LogP contribution >= 0.6 is 0 Å². The van der Waals surface area contributed by atoms with E-state index in [1.807, 2.05) is 0 Å². The molecule has 62 valence electrons. The summed E-state index contributed by atoms with van der Waals surface area (Å²) in [5.74, 6) is -0.0528.